The molecule has 2 heterocycles. The van der Waals surface area contributed by atoms with Crippen LogP contribution in [0.1, 0.15) is 61.8 Å². The molecule has 0 bridgehead atoms. The lowest BCUT2D eigenvalue weighted by atomic mass is 9.48. The second-order valence-electron chi connectivity index (χ2n) is 7.02. The number of hydrogen-bond acceptors (Lipinski definition) is 0. The molecule has 2 heteroatoms. The van der Waals surface area contributed by atoms with Crippen molar-refractivity contribution < 1.29 is 0 Å². The molecule has 0 amide bonds. The smallest absolute Gasteiger partial charge is 0.108 e. The van der Waals surface area contributed by atoms with E-state index in [0.29, 0.717) is 11.6 Å². The first-order valence-electron chi connectivity index (χ1n) is 8.18. The van der Waals surface area contributed by atoms with Crippen molar-refractivity contribution in [3.63, 3.8) is 0 Å². The monoisotopic (exact) mass is 278 g/mol. The molecule has 2 atom stereocenters. The molecule has 0 nitrogen and oxygen atoms in total. The summed E-state index contributed by atoms with van der Waals surface area (Å²) in [5.74, 6) is 1.14. The first-order valence-corrected chi connectivity index (χ1v) is 8.18. The molecular formula is C19H28B2. The van der Waals surface area contributed by atoms with Gasteiger partial charge in [0, 0.05) is 0 Å². The summed E-state index contributed by atoms with van der Waals surface area (Å²) < 4.78 is 0. The molecule has 0 aromatic heterocycles. The molecule has 2 radical (unpaired) electrons. The Morgan fingerprint density at radius 2 is 1.29 bits per heavy atom. The van der Waals surface area contributed by atoms with E-state index in [2.05, 4.69) is 69.9 Å². The molecule has 0 N–H and O–H groups in total. The van der Waals surface area contributed by atoms with Gasteiger partial charge in [-0.15, -0.1) is 10.9 Å². The summed E-state index contributed by atoms with van der Waals surface area (Å²) in [4.78, 5) is 0. The topological polar surface area (TPSA) is 0 Å². The van der Waals surface area contributed by atoms with E-state index >= 15 is 0 Å². The second-order valence-corrected chi connectivity index (χ2v) is 7.02. The van der Waals surface area contributed by atoms with E-state index in [1.54, 1.807) is 11.1 Å². The van der Waals surface area contributed by atoms with Crippen molar-refractivity contribution in [2.45, 2.75) is 73.4 Å². The summed E-state index contributed by atoms with van der Waals surface area (Å²) in [5, 5.41) is 0. The van der Waals surface area contributed by atoms with E-state index in [1.165, 1.54) is 33.2 Å². The van der Waals surface area contributed by atoms with Gasteiger partial charge in [-0.05, 0) is 58.2 Å². The number of hydrogen-bond donors (Lipinski definition) is 0. The maximum absolute atomic E-state index is 2.48. The maximum Gasteiger partial charge on any atom is 0.155 e. The van der Waals surface area contributed by atoms with Gasteiger partial charge in [-0.1, -0.05) is 48.6 Å². The van der Waals surface area contributed by atoms with E-state index in [4.69, 9.17) is 0 Å². The van der Waals surface area contributed by atoms with Gasteiger partial charge >= 0.3 is 0 Å². The highest BCUT2D eigenvalue weighted by Gasteiger charge is 2.25. The first-order chi connectivity index (χ1) is 9.73. The van der Waals surface area contributed by atoms with E-state index in [-0.39, 0.29) is 0 Å². The molecule has 0 saturated carbocycles. The molecule has 0 aliphatic carbocycles. The third-order valence-electron chi connectivity index (χ3n) is 5.84. The van der Waals surface area contributed by atoms with Crippen LogP contribution in [0.4, 0.5) is 0 Å². The van der Waals surface area contributed by atoms with Crippen LogP contribution in [0, 0.1) is 0 Å². The highest BCUT2D eigenvalue weighted by molar-refractivity contribution is 6.50. The minimum Gasteiger partial charge on any atom is -0.108 e. The van der Waals surface area contributed by atoms with Gasteiger partial charge in [0.05, 0.1) is 0 Å². The van der Waals surface area contributed by atoms with Crippen LogP contribution in [0.15, 0.2) is 44.4 Å². The van der Waals surface area contributed by atoms with Gasteiger partial charge in [0.2, 0.25) is 0 Å². The summed E-state index contributed by atoms with van der Waals surface area (Å²) >= 11 is 0. The lowest BCUT2D eigenvalue weighted by Gasteiger charge is -2.30. The Balaban J connectivity index is 2.40. The number of rotatable bonds is 2. The average molecular weight is 278 g/mol. The molecule has 0 spiro atoms. The average Bonchev–Trinajstić information content (AvgIpc) is 2.44. The maximum atomic E-state index is 2.48. The van der Waals surface area contributed by atoms with Crippen molar-refractivity contribution in [3.05, 3.63) is 44.4 Å². The number of allylic oxidation sites excluding steroid dienone is 8. The van der Waals surface area contributed by atoms with Crippen LogP contribution in [0.5, 0.6) is 0 Å². The van der Waals surface area contributed by atoms with Crippen LogP contribution in [-0.2, 0) is 0 Å². The zero-order valence-corrected chi connectivity index (χ0v) is 15.0. The van der Waals surface area contributed by atoms with Crippen LogP contribution in [0.25, 0.3) is 0 Å². The fourth-order valence-electron chi connectivity index (χ4n) is 3.52. The summed E-state index contributed by atoms with van der Waals surface area (Å²) in [6.07, 6.45) is 1.09. The molecule has 2 rings (SSSR count). The molecule has 0 fully saturated rings. The van der Waals surface area contributed by atoms with Gasteiger partial charge in [-0.2, -0.15) is 0 Å². The van der Waals surface area contributed by atoms with Crippen LogP contribution in [0.3, 0.4) is 0 Å². The summed E-state index contributed by atoms with van der Waals surface area (Å²) in [6.45, 7) is 18.3. The van der Waals surface area contributed by atoms with Crippen molar-refractivity contribution in [3.8, 4) is 0 Å². The summed E-state index contributed by atoms with van der Waals surface area (Å²) in [6, 6.07) is 0. The molecule has 0 saturated heterocycles. The Labute approximate surface area is 133 Å². The molecule has 2 aliphatic rings. The van der Waals surface area contributed by atoms with E-state index in [0.717, 1.165) is 6.42 Å². The zero-order chi connectivity index (χ0) is 15.9. The van der Waals surface area contributed by atoms with Crippen molar-refractivity contribution in [1.29, 1.82) is 0 Å². The highest BCUT2D eigenvalue weighted by Crippen LogP contribution is 2.40. The Morgan fingerprint density at radius 1 is 0.714 bits per heavy atom. The van der Waals surface area contributed by atoms with E-state index in [1.807, 2.05) is 0 Å². The molecule has 0 aromatic carbocycles. The predicted octanol–water partition coefficient (Wildman–Crippen LogP) is 5.65. The molecule has 2 aliphatic heterocycles. The first kappa shape index (κ1) is 16.5. The third kappa shape index (κ3) is 3.00. The largest absolute Gasteiger partial charge is 0.155 e. The van der Waals surface area contributed by atoms with Gasteiger partial charge in [0.1, 0.15) is 0 Å². The fourth-order valence-corrected chi connectivity index (χ4v) is 3.52. The summed E-state index contributed by atoms with van der Waals surface area (Å²) in [7, 11) is 4.88. The predicted molar refractivity (Wildman–Crippen MR) is 97.1 cm³/mol. The van der Waals surface area contributed by atoms with Crippen LogP contribution in [-0.4, -0.2) is 14.6 Å². The molecule has 21 heavy (non-hydrogen) atoms. The van der Waals surface area contributed by atoms with Gasteiger partial charge in [0.15, 0.2) is 14.6 Å². The van der Waals surface area contributed by atoms with Crippen LogP contribution in [0.2, 0.25) is 11.6 Å². The Kier molecular flexibility index (Phi) is 4.76. The molecule has 110 valence electrons. The van der Waals surface area contributed by atoms with Crippen molar-refractivity contribution >= 4 is 14.6 Å². The lowest BCUT2D eigenvalue weighted by molar-refractivity contribution is 0.957. The van der Waals surface area contributed by atoms with Crippen molar-refractivity contribution in [2.24, 2.45) is 0 Å². The van der Waals surface area contributed by atoms with Gasteiger partial charge < -0.3 is 0 Å². The minimum atomic E-state index is 0.572. The quantitative estimate of drug-likeness (QED) is 0.572. The Bertz CT molecular complexity index is 585. The van der Waals surface area contributed by atoms with Crippen molar-refractivity contribution in [1.82, 2.24) is 0 Å². The summed E-state index contributed by atoms with van der Waals surface area (Å²) in [5.41, 5.74) is 12.1. The highest BCUT2D eigenvalue weighted by atomic mass is 14.2. The SMILES string of the molecule is CC1=C(C)C(CC2=C(C)C(C)=C(C)C(C)[B]2)=C(C)C(C)[B]1. The van der Waals surface area contributed by atoms with Gasteiger partial charge in [-0.3, -0.25) is 0 Å². The van der Waals surface area contributed by atoms with Crippen molar-refractivity contribution in [2.75, 3.05) is 0 Å². The molecule has 2 unspecified atom stereocenters. The second kappa shape index (κ2) is 6.07. The van der Waals surface area contributed by atoms with Crippen LogP contribution < -0.4 is 0 Å². The zero-order valence-electron chi connectivity index (χ0n) is 15.0. The van der Waals surface area contributed by atoms with Crippen LogP contribution >= 0.6 is 0 Å². The van der Waals surface area contributed by atoms with Gasteiger partial charge in [-0.25, -0.2) is 0 Å². The normalized spacial score (nSPS) is 27.2. The van der Waals surface area contributed by atoms with Gasteiger partial charge in [0.25, 0.3) is 0 Å². The minimum absolute atomic E-state index is 0.572. The molecular weight excluding hydrogens is 250 g/mol. The lowest BCUT2D eigenvalue weighted by Crippen LogP contribution is -2.18. The molecule has 0 aromatic rings. The third-order valence-corrected chi connectivity index (χ3v) is 5.84. The standard InChI is InChI=1S/C19H28B2/c1-10-11(2)15(6)21-19(12(10)3)9-18-13(4)16(7)20-17(8)14(18)5/h15-16H,9H2,1-8H3. The van der Waals surface area contributed by atoms with E-state index in [9.17, 15) is 0 Å². The Morgan fingerprint density at radius 3 is 1.90 bits per heavy atom. The Hall–Kier alpha value is -0.910. The fraction of sp³-hybridized carbons (Fsp3) is 0.579. The van der Waals surface area contributed by atoms with E-state index < -0.39 is 0 Å².